The van der Waals surface area contributed by atoms with Crippen LogP contribution in [0, 0.1) is 6.92 Å². The molecule has 3 N–H and O–H groups in total. The van der Waals surface area contributed by atoms with E-state index in [9.17, 15) is 14.7 Å². The Morgan fingerprint density at radius 2 is 1.88 bits per heavy atom. The molecule has 0 spiro atoms. The number of hydrogen-bond donors (Lipinski definition) is 3. The van der Waals surface area contributed by atoms with Gasteiger partial charge in [0.1, 0.15) is 0 Å². The number of ether oxygens (including phenoxy) is 1. The predicted octanol–water partition coefficient (Wildman–Crippen LogP) is 3.10. The summed E-state index contributed by atoms with van der Waals surface area (Å²) in [6.45, 7) is 1.82. The van der Waals surface area contributed by atoms with Gasteiger partial charge in [0.05, 0.1) is 18.3 Å². The number of anilines is 1. The zero-order chi connectivity index (χ0) is 19.3. The molecular formula is C17H15Cl2N3O4. The van der Waals surface area contributed by atoms with Gasteiger partial charge in [0.15, 0.2) is 11.5 Å². The predicted molar refractivity (Wildman–Crippen MR) is 100 cm³/mol. The van der Waals surface area contributed by atoms with E-state index in [-0.39, 0.29) is 16.5 Å². The number of benzene rings is 2. The molecule has 0 aliphatic rings. The number of aryl methyl sites for hydroxylation is 1. The summed E-state index contributed by atoms with van der Waals surface area (Å²) in [5, 5.41) is 16.3. The van der Waals surface area contributed by atoms with Gasteiger partial charge in [-0.3, -0.25) is 9.59 Å². The summed E-state index contributed by atoms with van der Waals surface area (Å²) in [6, 6.07) is 7.76. The summed E-state index contributed by atoms with van der Waals surface area (Å²) in [4.78, 5) is 23.6. The lowest BCUT2D eigenvalue weighted by Crippen LogP contribution is -2.32. The van der Waals surface area contributed by atoms with Crippen LogP contribution in [0.15, 0.2) is 35.4 Å². The van der Waals surface area contributed by atoms with E-state index >= 15 is 0 Å². The number of hydrogen-bond acceptors (Lipinski definition) is 5. The van der Waals surface area contributed by atoms with Gasteiger partial charge < -0.3 is 15.2 Å². The third-order valence-corrected chi connectivity index (χ3v) is 3.98. The van der Waals surface area contributed by atoms with Gasteiger partial charge in [0, 0.05) is 10.7 Å². The second-order valence-corrected chi connectivity index (χ2v) is 5.99. The minimum atomic E-state index is -0.963. The topological polar surface area (TPSA) is 100 Å². The zero-order valence-electron chi connectivity index (χ0n) is 13.8. The molecule has 0 saturated carbocycles. The molecule has 0 bridgehead atoms. The molecule has 9 heteroatoms. The van der Waals surface area contributed by atoms with Crippen molar-refractivity contribution in [2.45, 2.75) is 6.92 Å². The van der Waals surface area contributed by atoms with E-state index in [1.807, 2.05) is 6.92 Å². The van der Waals surface area contributed by atoms with Gasteiger partial charge in [0.2, 0.25) is 0 Å². The van der Waals surface area contributed by atoms with E-state index in [4.69, 9.17) is 27.9 Å². The fourth-order valence-electron chi connectivity index (χ4n) is 1.90. The molecule has 2 rings (SSSR count). The highest BCUT2D eigenvalue weighted by Gasteiger charge is 2.13. The summed E-state index contributed by atoms with van der Waals surface area (Å²) in [6.07, 6.45) is 1.25. The van der Waals surface area contributed by atoms with Crippen LogP contribution < -0.4 is 15.5 Å². The molecule has 0 radical (unpaired) electrons. The number of rotatable bonds is 4. The Bertz CT molecular complexity index is 885. The summed E-state index contributed by atoms with van der Waals surface area (Å²) in [5.41, 5.74) is 3.78. The van der Waals surface area contributed by atoms with Crippen molar-refractivity contribution >= 4 is 46.9 Å². The molecule has 0 aromatic heterocycles. The Balaban J connectivity index is 1.99. The Morgan fingerprint density at radius 1 is 1.15 bits per heavy atom. The van der Waals surface area contributed by atoms with Crippen molar-refractivity contribution in [2.75, 3.05) is 12.4 Å². The number of carbonyl (C=O) groups excluding carboxylic acids is 2. The molecule has 7 nitrogen and oxygen atoms in total. The molecule has 2 aromatic carbocycles. The number of phenolic OH excluding ortho intramolecular Hbond substituents is 1. The molecule has 2 amide bonds. The van der Waals surface area contributed by atoms with Crippen molar-refractivity contribution in [1.29, 1.82) is 0 Å². The first-order chi connectivity index (χ1) is 12.3. The lowest BCUT2D eigenvalue weighted by Gasteiger charge is -2.06. The van der Waals surface area contributed by atoms with Gasteiger partial charge in [-0.25, -0.2) is 5.43 Å². The van der Waals surface area contributed by atoms with Crippen molar-refractivity contribution in [3.63, 3.8) is 0 Å². The fourth-order valence-corrected chi connectivity index (χ4v) is 2.30. The van der Waals surface area contributed by atoms with Crippen molar-refractivity contribution < 1.29 is 19.4 Å². The molecule has 0 atom stereocenters. The monoisotopic (exact) mass is 395 g/mol. The van der Waals surface area contributed by atoms with E-state index < -0.39 is 11.8 Å². The maximum Gasteiger partial charge on any atom is 0.329 e. The molecule has 0 aliphatic heterocycles. The maximum absolute atomic E-state index is 11.8. The average molecular weight is 396 g/mol. The highest BCUT2D eigenvalue weighted by Crippen LogP contribution is 2.34. The highest BCUT2D eigenvalue weighted by atomic mass is 35.5. The van der Waals surface area contributed by atoms with Gasteiger partial charge >= 0.3 is 11.8 Å². The van der Waals surface area contributed by atoms with Crippen molar-refractivity contribution in [3.8, 4) is 11.5 Å². The highest BCUT2D eigenvalue weighted by molar-refractivity contribution is 6.40. The molecule has 0 saturated heterocycles. The number of nitrogens with zero attached hydrogens (tertiary/aromatic N) is 1. The van der Waals surface area contributed by atoms with E-state index in [2.05, 4.69) is 15.8 Å². The number of phenols is 1. The number of methoxy groups -OCH3 is 1. The lowest BCUT2D eigenvalue weighted by atomic mass is 10.2. The first-order valence-electron chi connectivity index (χ1n) is 7.29. The van der Waals surface area contributed by atoms with Crippen LogP contribution in [0.1, 0.15) is 11.1 Å². The number of halogens is 2. The van der Waals surface area contributed by atoms with Crippen molar-refractivity contribution in [1.82, 2.24) is 5.43 Å². The first-order valence-corrected chi connectivity index (χ1v) is 8.04. The average Bonchev–Trinajstić information content (AvgIpc) is 2.60. The standard InChI is InChI=1S/C17H15Cl2N3O4/c1-9-3-4-11(7-12(9)18)21-16(24)17(25)22-20-8-10-5-13(19)15(23)14(6-10)26-2/h3-8,23H,1-2H3,(H,21,24)(H,22,25)/b20-8-. The van der Waals surface area contributed by atoms with E-state index in [1.54, 1.807) is 12.1 Å². The normalized spacial score (nSPS) is 10.6. The quantitative estimate of drug-likeness (QED) is 0.420. The SMILES string of the molecule is COc1cc(/C=N\NC(=O)C(=O)Nc2ccc(C)c(Cl)c2)cc(Cl)c1O. The maximum atomic E-state index is 11.8. The number of carbonyl (C=O) groups is 2. The molecule has 0 unspecified atom stereocenters. The van der Waals surface area contributed by atoms with Crippen LogP contribution in [-0.4, -0.2) is 30.2 Å². The van der Waals surface area contributed by atoms with Crippen LogP contribution in [0.5, 0.6) is 11.5 Å². The summed E-state index contributed by atoms with van der Waals surface area (Å²) < 4.78 is 4.96. The van der Waals surface area contributed by atoms with E-state index in [0.717, 1.165) is 5.56 Å². The second kappa shape index (κ2) is 8.55. The molecule has 136 valence electrons. The Hall–Kier alpha value is -2.77. The molecular weight excluding hydrogens is 381 g/mol. The van der Waals surface area contributed by atoms with Gasteiger partial charge in [-0.05, 0) is 42.3 Å². The van der Waals surface area contributed by atoms with E-state index in [0.29, 0.717) is 16.3 Å². The Labute approximate surface area is 159 Å². The summed E-state index contributed by atoms with van der Waals surface area (Å²) >= 11 is 11.8. The van der Waals surface area contributed by atoms with E-state index in [1.165, 1.54) is 31.5 Å². The smallest absolute Gasteiger partial charge is 0.329 e. The molecule has 2 aromatic rings. The fraction of sp³-hybridized carbons (Fsp3) is 0.118. The van der Waals surface area contributed by atoms with Gasteiger partial charge in [-0.1, -0.05) is 29.3 Å². The number of amides is 2. The van der Waals surface area contributed by atoms with Gasteiger partial charge in [-0.2, -0.15) is 5.10 Å². The Morgan fingerprint density at radius 3 is 2.54 bits per heavy atom. The van der Waals surface area contributed by atoms with Crippen LogP contribution in [-0.2, 0) is 9.59 Å². The first kappa shape index (κ1) is 19.6. The molecule has 0 fully saturated rings. The van der Waals surface area contributed by atoms with Crippen LogP contribution in [0.4, 0.5) is 5.69 Å². The van der Waals surface area contributed by atoms with Gasteiger partial charge in [0.25, 0.3) is 0 Å². The Kier molecular flexibility index (Phi) is 6.43. The van der Waals surface area contributed by atoms with Crippen LogP contribution in [0.25, 0.3) is 0 Å². The van der Waals surface area contributed by atoms with Crippen LogP contribution >= 0.6 is 23.2 Å². The second-order valence-electron chi connectivity index (χ2n) is 5.17. The summed E-state index contributed by atoms with van der Waals surface area (Å²) in [5.74, 6) is -1.91. The largest absolute Gasteiger partial charge is 0.503 e. The van der Waals surface area contributed by atoms with Crippen molar-refractivity contribution in [2.24, 2.45) is 5.10 Å². The minimum absolute atomic E-state index is 0.0612. The van der Waals surface area contributed by atoms with Crippen LogP contribution in [0.3, 0.4) is 0 Å². The third kappa shape index (κ3) is 4.87. The zero-order valence-corrected chi connectivity index (χ0v) is 15.4. The molecule has 26 heavy (non-hydrogen) atoms. The lowest BCUT2D eigenvalue weighted by molar-refractivity contribution is -0.136. The van der Waals surface area contributed by atoms with Gasteiger partial charge in [-0.15, -0.1) is 0 Å². The molecule has 0 aliphatic carbocycles. The molecule has 0 heterocycles. The summed E-state index contributed by atoms with van der Waals surface area (Å²) in [7, 11) is 1.37. The van der Waals surface area contributed by atoms with Crippen molar-refractivity contribution in [3.05, 3.63) is 51.5 Å². The number of nitrogens with one attached hydrogen (secondary N) is 2. The van der Waals surface area contributed by atoms with Crippen LogP contribution in [0.2, 0.25) is 10.0 Å². The number of hydrazone groups is 1. The minimum Gasteiger partial charge on any atom is -0.503 e. The number of aromatic hydroxyl groups is 1. The third-order valence-electron chi connectivity index (χ3n) is 3.29.